The van der Waals surface area contributed by atoms with Gasteiger partial charge in [0, 0.05) is 32.3 Å². The zero-order valence-corrected chi connectivity index (χ0v) is 26.2. The number of rotatable bonds is 10. The third-order valence-electron chi connectivity index (χ3n) is 6.83. The van der Waals surface area contributed by atoms with Crippen molar-refractivity contribution in [3.8, 4) is 11.5 Å². The first-order valence-electron chi connectivity index (χ1n) is 14.4. The number of para-hydroxylation sites is 2. The number of nitrogens with one attached hydrogen (secondary N) is 3. The number of fused-ring (bicyclic) bond motifs is 1. The summed E-state index contributed by atoms with van der Waals surface area (Å²) in [5, 5.41) is 10.0. The molecule has 8 nitrogen and oxygen atoms in total. The highest BCUT2D eigenvalue weighted by Crippen LogP contribution is 2.28. The number of thioether (sulfide) groups is 1. The maximum absolute atomic E-state index is 13.3. The van der Waals surface area contributed by atoms with Gasteiger partial charge in [-0.05, 0) is 91.2 Å². The molecule has 0 aliphatic heterocycles. The van der Waals surface area contributed by atoms with Gasteiger partial charge in [-0.15, -0.1) is 23.1 Å². The number of aromatic nitrogens is 1. The lowest BCUT2D eigenvalue weighted by Gasteiger charge is -2.14. The van der Waals surface area contributed by atoms with Crippen molar-refractivity contribution in [1.82, 2.24) is 10.3 Å². The van der Waals surface area contributed by atoms with Gasteiger partial charge in [0.2, 0.25) is 11.8 Å². The molecule has 0 bridgehead atoms. The van der Waals surface area contributed by atoms with Crippen LogP contribution in [0.1, 0.15) is 22.2 Å². The molecule has 0 aliphatic carbocycles. The Morgan fingerprint density at radius 2 is 1.61 bits per heavy atom. The van der Waals surface area contributed by atoms with E-state index in [0.717, 1.165) is 26.4 Å². The molecule has 46 heavy (non-hydrogen) atoms. The quantitative estimate of drug-likeness (QED) is 0.103. The van der Waals surface area contributed by atoms with Crippen LogP contribution in [0, 0.1) is 0 Å². The van der Waals surface area contributed by atoms with Crippen LogP contribution < -0.4 is 16.0 Å². The van der Waals surface area contributed by atoms with Gasteiger partial charge in [0.15, 0.2) is 5.58 Å². The van der Waals surface area contributed by atoms with Crippen molar-refractivity contribution in [2.75, 3.05) is 10.6 Å². The molecule has 6 rings (SSSR count). The number of thiophene rings is 1. The number of hydrogen-bond acceptors (Lipinski definition) is 7. The number of oxazole rings is 1. The van der Waals surface area contributed by atoms with Crippen molar-refractivity contribution in [3.05, 3.63) is 137 Å². The maximum Gasteiger partial charge on any atom is 0.272 e. The van der Waals surface area contributed by atoms with Gasteiger partial charge >= 0.3 is 0 Å². The van der Waals surface area contributed by atoms with Crippen LogP contribution in [0.4, 0.5) is 11.4 Å². The van der Waals surface area contributed by atoms with Crippen molar-refractivity contribution in [2.45, 2.75) is 17.1 Å². The maximum atomic E-state index is 13.3. The number of hydrogen-bond donors (Lipinski definition) is 3. The van der Waals surface area contributed by atoms with Gasteiger partial charge < -0.3 is 20.4 Å². The third-order valence-corrected chi connectivity index (χ3v) is 8.74. The molecule has 2 heterocycles. The smallest absolute Gasteiger partial charge is 0.272 e. The number of carbonyl (C=O) groups is 3. The average molecular weight is 645 g/mol. The predicted octanol–water partition coefficient (Wildman–Crippen LogP) is 8.09. The molecule has 4 aromatic carbocycles. The van der Waals surface area contributed by atoms with Gasteiger partial charge in [-0.1, -0.05) is 42.5 Å². The Morgan fingerprint density at radius 1 is 0.826 bits per heavy atom. The molecule has 1 unspecified atom stereocenters. The molecule has 2 aromatic heterocycles. The monoisotopic (exact) mass is 644 g/mol. The minimum atomic E-state index is -0.466. The number of carbonyl (C=O) groups excluding carboxylic acids is 3. The van der Waals surface area contributed by atoms with Crippen LogP contribution in [0.5, 0.6) is 0 Å². The second-order valence-electron chi connectivity index (χ2n) is 10.2. The normalized spacial score (nSPS) is 12.0. The lowest BCUT2D eigenvalue weighted by molar-refractivity contribution is -0.115. The highest BCUT2D eigenvalue weighted by Gasteiger charge is 2.18. The molecule has 3 amide bonds. The number of benzene rings is 4. The highest BCUT2D eigenvalue weighted by molar-refractivity contribution is 8.00. The van der Waals surface area contributed by atoms with Crippen LogP contribution in [-0.4, -0.2) is 28.0 Å². The predicted molar refractivity (Wildman–Crippen MR) is 185 cm³/mol. The van der Waals surface area contributed by atoms with Gasteiger partial charge in [0.25, 0.3) is 11.8 Å². The van der Waals surface area contributed by atoms with Gasteiger partial charge in [0.1, 0.15) is 11.2 Å². The highest BCUT2D eigenvalue weighted by atomic mass is 32.2. The fourth-order valence-corrected chi connectivity index (χ4v) is 6.08. The molecule has 0 saturated carbocycles. The van der Waals surface area contributed by atoms with Crippen molar-refractivity contribution >= 4 is 69.4 Å². The summed E-state index contributed by atoms with van der Waals surface area (Å²) in [5.74, 6) is -0.503. The van der Waals surface area contributed by atoms with Crippen LogP contribution in [0.2, 0.25) is 0 Å². The minimum Gasteiger partial charge on any atom is -0.436 e. The standard InChI is InChI=1S/C36H28N4O4S2/c1-23(33(41)37-26-18-16-25(17-19-26)36-40-30-14-5-6-15-32(30)44-36)46-29-12-7-11-27(21-29)38-35(43)31(22-28-13-8-20-45-28)39-34(42)24-9-3-2-4-10-24/h2-23H,1H3,(H,37,41)(H,38,43)(H,39,42)/b31-22-. The lowest BCUT2D eigenvalue weighted by atomic mass is 10.2. The van der Waals surface area contributed by atoms with Crippen LogP contribution in [0.25, 0.3) is 28.6 Å². The summed E-state index contributed by atoms with van der Waals surface area (Å²) in [6.07, 6.45) is 1.64. The lowest BCUT2D eigenvalue weighted by Crippen LogP contribution is -2.30. The molecular formula is C36H28N4O4S2. The number of nitrogens with zero attached hydrogens (tertiary/aromatic N) is 1. The van der Waals surface area contributed by atoms with Crippen LogP contribution in [0.3, 0.4) is 0 Å². The van der Waals surface area contributed by atoms with E-state index in [1.165, 1.54) is 23.1 Å². The van der Waals surface area contributed by atoms with Crippen molar-refractivity contribution in [2.24, 2.45) is 0 Å². The van der Waals surface area contributed by atoms with Gasteiger partial charge in [-0.25, -0.2) is 4.98 Å². The number of anilines is 2. The van der Waals surface area contributed by atoms with E-state index >= 15 is 0 Å². The van der Waals surface area contributed by atoms with E-state index in [1.807, 2.05) is 85.1 Å². The Hall–Kier alpha value is -5.45. The Labute approximate surface area is 273 Å². The number of amides is 3. The molecular weight excluding hydrogens is 617 g/mol. The summed E-state index contributed by atoms with van der Waals surface area (Å²) in [5.41, 5.74) is 4.05. The minimum absolute atomic E-state index is 0.115. The van der Waals surface area contributed by atoms with E-state index < -0.39 is 11.2 Å². The second-order valence-corrected chi connectivity index (χ2v) is 12.6. The fourth-order valence-electron chi connectivity index (χ4n) is 4.50. The Balaban J connectivity index is 1.08. The van der Waals surface area contributed by atoms with E-state index in [1.54, 1.807) is 48.5 Å². The van der Waals surface area contributed by atoms with Crippen molar-refractivity contribution in [1.29, 1.82) is 0 Å². The van der Waals surface area contributed by atoms with E-state index in [2.05, 4.69) is 20.9 Å². The van der Waals surface area contributed by atoms with E-state index in [-0.39, 0.29) is 17.5 Å². The summed E-state index contributed by atoms with van der Waals surface area (Å²) in [6, 6.07) is 34.6. The SMILES string of the molecule is CC(Sc1cccc(NC(=O)/C(=C/c2cccs2)NC(=O)c2ccccc2)c1)C(=O)Nc1ccc(-c2nc3ccccc3o2)cc1. The van der Waals surface area contributed by atoms with E-state index in [4.69, 9.17) is 4.42 Å². The summed E-state index contributed by atoms with van der Waals surface area (Å²) in [7, 11) is 0. The van der Waals surface area contributed by atoms with Crippen LogP contribution >= 0.6 is 23.1 Å². The van der Waals surface area contributed by atoms with Crippen LogP contribution in [0.15, 0.2) is 136 Å². The third kappa shape index (κ3) is 7.60. The summed E-state index contributed by atoms with van der Waals surface area (Å²) in [4.78, 5) is 45.4. The molecule has 0 spiro atoms. The summed E-state index contributed by atoms with van der Waals surface area (Å²) in [6.45, 7) is 1.82. The molecule has 6 aromatic rings. The first-order chi connectivity index (χ1) is 22.4. The molecule has 1 atom stereocenters. The summed E-state index contributed by atoms with van der Waals surface area (Å²) >= 11 is 2.82. The Kier molecular flexibility index (Phi) is 9.37. The Bertz CT molecular complexity index is 1990. The molecule has 0 fully saturated rings. The molecule has 10 heteroatoms. The first kappa shape index (κ1) is 30.6. The zero-order chi connectivity index (χ0) is 31.9. The van der Waals surface area contributed by atoms with Crippen LogP contribution in [-0.2, 0) is 9.59 Å². The fraction of sp³-hybridized carbons (Fsp3) is 0.0556. The molecule has 0 aliphatic rings. The first-order valence-corrected chi connectivity index (χ1v) is 16.1. The van der Waals surface area contributed by atoms with E-state index in [0.29, 0.717) is 22.8 Å². The summed E-state index contributed by atoms with van der Waals surface area (Å²) < 4.78 is 5.84. The molecule has 228 valence electrons. The van der Waals surface area contributed by atoms with Gasteiger partial charge in [0.05, 0.1) is 5.25 Å². The van der Waals surface area contributed by atoms with Gasteiger partial charge in [-0.3, -0.25) is 14.4 Å². The average Bonchev–Trinajstić information content (AvgIpc) is 3.75. The molecule has 3 N–H and O–H groups in total. The largest absolute Gasteiger partial charge is 0.436 e. The van der Waals surface area contributed by atoms with Crippen molar-refractivity contribution in [3.63, 3.8) is 0 Å². The topological polar surface area (TPSA) is 113 Å². The van der Waals surface area contributed by atoms with Crippen molar-refractivity contribution < 1.29 is 18.8 Å². The molecule has 0 radical (unpaired) electrons. The van der Waals surface area contributed by atoms with E-state index in [9.17, 15) is 14.4 Å². The second kappa shape index (κ2) is 14.1. The Morgan fingerprint density at radius 3 is 2.37 bits per heavy atom. The van der Waals surface area contributed by atoms with Gasteiger partial charge in [-0.2, -0.15) is 0 Å². The molecule has 0 saturated heterocycles. The zero-order valence-electron chi connectivity index (χ0n) is 24.6.